The fourth-order valence-electron chi connectivity index (χ4n) is 2.94. The maximum absolute atomic E-state index is 12.8. The van der Waals surface area contributed by atoms with E-state index in [1.54, 1.807) is 0 Å². The summed E-state index contributed by atoms with van der Waals surface area (Å²) in [5, 5.41) is 0.823. The van der Waals surface area contributed by atoms with Gasteiger partial charge in [-0.1, -0.05) is 36.4 Å². The molecular formula is C22H29F3O3Si. The maximum atomic E-state index is 12.8. The van der Waals surface area contributed by atoms with Crippen LogP contribution < -0.4 is 5.19 Å². The van der Waals surface area contributed by atoms with Crippen LogP contribution in [0.3, 0.4) is 0 Å². The Kier molecular flexibility index (Phi) is 7.67. The minimum Gasteiger partial charge on any atom is -0.367 e. The van der Waals surface area contributed by atoms with Crippen LogP contribution in [0, 0.1) is 0 Å². The summed E-state index contributed by atoms with van der Waals surface area (Å²) < 4.78 is 57.0. The maximum Gasteiger partial charge on any atom is 0.537 e. The summed E-state index contributed by atoms with van der Waals surface area (Å²) in [7, 11) is -3.17. The summed E-state index contributed by atoms with van der Waals surface area (Å²) in [4.78, 5) is 0. The van der Waals surface area contributed by atoms with Gasteiger partial charge in [-0.15, -0.1) is 0 Å². The molecule has 7 heteroatoms. The second-order valence-corrected chi connectivity index (χ2v) is 10.1. The Hall–Kier alpha value is -1.67. The van der Waals surface area contributed by atoms with Gasteiger partial charge < -0.3 is 13.3 Å². The van der Waals surface area contributed by atoms with Crippen LogP contribution in [0.15, 0.2) is 48.5 Å². The Morgan fingerprint density at radius 1 is 0.621 bits per heavy atom. The lowest BCUT2D eigenvalue weighted by atomic mass is 10.0. The Morgan fingerprint density at radius 2 is 0.966 bits per heavy atom. The molecule has 0 atom stereocenters. The Morgan fingerprint density at radius 3 is 1.28 bits per heavy atom. The van der Waals surface area contributed by atoms with Crippen LogP contribution in [-0.4, -0.2) is 27.1 Å². The standard InChI is InChI=1S/C22H29F3O3Si/c1-15(2)26-29(27-16(3)4,28-17(5)6)21-13-9-19(10-14-21)18-7-11-20(12-8-18)22(23,24)25/h7-17H,1-6H3. The molecule has 0 heterocycles. The van der Waals surface area contributed by atoms with Gasteiger partial charge in [0, 0.05) is 23.5 Å². The zero-order chi connectivity index (χ0) is 21.8. The van der Waals surface area contributed by atoms with Gasteiger partial charge in [0.2, 0.25) is 0 Å². The van der Waals surface area contributed by atoms with Crippen molar-refractivity contribution in [2.75, 3.05) is 0 Å². The first kappa shape index (κ1) is 23.6. The highest BCUT2D eigenvalue weighted by Crippen LogP contribution is 2.31. The molecule has 0 bridgehead atoms. The summed E-state index contributed by atoms with van der Waals surface area (Å²) in [5.74, 6) is 0. The van der Waals surface area contributed by atoms with E-state index in [-0.39, 0.29) is 18.3 Å². The second-order valence-electron chi connectivity index (χ2n) is 7.71. The van der Waals surface area contributed by atoms with E-state index in [9.17, 15) is 13.2 Å². The monoisotopic (exact) mass is 426 g/mol. The first-order valence-corrected chi connectivity index (χ1v) is 11.5. The van der Waals surface area contributed by atoms with Crippen LogP contribution in [0.4, 0.5) is 13.2 Å². The fraction of sp³-hybridized carbons (Fsp3) is 0.455. The third-order valence-electron chi connectivity index (χ3n) is 3.96. The quantitative estimate of drug-likeness (QED) is 0.500. The van der Waals surface area contributed by atoms with Gasteiger partial charge in [-0.3, -0.25) is 0 Å². The molecule has 0 saturated heterocycles. The zero-order valence-corrected chi connectivity index (χ0v) is 18.7. The number of hydrogen-bond acceptors (Lipinski definition) is 3. The van der Waals surface area contributed by atoms with Crippen LogP contribution in [0.25, 0.3) is 11.1 Å². The molecule has 0 N–H and O–H groups in total. The summed E-state index contributed by atoms with van der Waals surface area (Å²) in [6, 6.07) is 12.6. The van der Waals surface area contributed by atoms with Gasteiger partial charge >= 0.3 is 15.0 Å². The first-order valence-electron chi connectivity index (χ1n) is 9.74. The van der Waals surface area contributed by atoms with E-state index < -0.39 is 20.5 Å². The SMILES string of the molecule is CC(C)O[Si](OC(C)C)(OC(C)C)c1ccc(-c2ccc(C(F)(F)F)cc2)cc1. The van der Waals surface area contributed by atoms with E-state index in [0.29, 0.717) is 5.56 Å². The van der Waals surface area contributed by atoms with Crippen molar-refractivity contribution in [2.45, 2.75) is 66.0 Å². The van der Waals surface area contributed by atoms with Crippen molar-refractivity contribution in [3.8, 4) is 11.1 Å². The van der Waals surface area contributed by atoms with E-state index in [2.05, 4.69) is 0 Å². The van der Waals surface area contributed by atoms with Crippen LogP contribution in [0.5, 0.6) is 0 Å². The first-order chi connectivity index (χ1) is 13.4. The highest BCUT2D eigenvalue weighted by Gasteiger charge is 2.46. The molecule has 0 aliphatic rings. The third-order valence-corrected chi connectivity index (χ3v) is 7.34. The lowest BCUT2D eigenvalue weighted by Crippen LogP contribution is -2.60. The minimum absolute atomic E-state index is 0.0891. The molecule has 2 aromatic carbocycles. The Labute approximate surface area is 172 Å². The van der Waals surface area contributed by atoms with Crippen molar-refractivity contribution < 1.29 is 26.4 Å². The van der Waals surface area contributed by atoms with Crippen LogP contribution >= 0.6 is 0 Å². The van der Waals surface area contributed by atoms with Gasteiger partial charge in [0.25, 0.3) is 0 Å². The lowest BCUT2D eigenvalue weighted by molar-refractivity contribution is -0.137. The number of alkyl halides is 3. The predicted molar refractivity (Wildman–Crippen MR) is 111 cm³/mol. The van der Waals surface area contributed by atoms with Crippen molar-refractivity contribution in [3.63, 3.8) is 0 Å². The average Bonchev–Trinajstić information content (AvgIpc) is 2.59. The summed E-state index contributed by atoms with van der Waals surface area (Å²) >= 11 is 0. The molecule has 0 aliphatic carbocycles. The molecule has 160 valence electrons. The molecule has 0 spiro atoms. The molecule has 0 saturated carbocycles. The van der Waals surface area contributed by atoms with Crippen LogP contribution in [0.1, 0.15) is 47.1 Å². The molecule has 29 heavy (non-hydrogen) atoms. The Bertz CT molecular complexity index is 743. The van der Waals surface area contributed by atoms with Gasteiger partial charge in [-0.05, 0) is 64.8 Å². The number of halogens is 3. The highest BCUT2D eigenvalue weighted by molar-refractivity contribution is 6.75. The van der Waals surface area contributed by atoms with E-state index in [0.717, 1.165) is 22.9 Å². The molecule has 2 aromatic rings. The highest BCUT2D eigenvalue weighted by atomic mass is 28.4. The topological polar surface area (TPSA) is 27.7 Å². The number of benzene rings is 2. The number of rotatable bonds is 8. The molecule has 2 rings (SSSR count). The minimum atomic E-state index is -4.34. The van der Waals surface area contributed by atoms with Gasteiger partial charge in [-0.2, -0.15) is 13.2 Å². The van der Waals surface area contributed by atoms with E-state index >= 15 is 0 Å². The van der Waals surface area contributed by atoms with Gasteiger partial charge in [0.05, 0.1) is 5.56 Å². The Balaban J connectivity index is 2.39. The van der Waals surface area contributed by atoms with Crippen molar-refractivity contribution >= 4 is 14.0 Å². The summed E-state index contributed by atoms with van der Waals surface area (Å²) in [6.07, 6.45) is -4.61. The van der Waals surface area contributed by atoms with Gasteiger partial charge in [0.1, 0.15) is 0 Å². The van der Waals surface area contributed by atoms with E-state index in [4.69, 9.17) is 13.3 Å². The van der Waals surface area contributed by atoms with E-state index in [1.165, 1.54) is 12.1 Å². The molecule has 0 amide bonds. The lowest BCUT2D eigenvalue weighted by Gasteiger charge is -2.34. The van der Waals surface area contributed by atoms with Crippen molar-refractivity contribution in [3.05, 3.63) is 54.1 Å². The molecule has 0 unspecified atom stereocenters. The summed E-state index contributed by atoms with van der Waals surface area (Å²) in [6.45, 7) is 11.6. The van der Waals surface area contributed by atoms with Crippen molar-refractivity contribution in [1.82, 2.24) is 0 Å². The molecule has 3 nitrogen and oxygen atoms in total. The predicted octanol–water partition coefficient (Wildman–Crippen LogP) is 5.79. The molecule has 0 fully saturated rings. The average molecular weight is 427 g/mol. The molecule has 0 aromatic heterocycles. The summed E-state index contributed by atoms with van der Waals surface area (Å²) in [5.41, 5.74) is 0.852. The number of hydrogen-bond donors (Lipinski definition) is 0. The normalized spacial score (nSPS) is 13.0. The van der Waals surface area contributed by atoms with Gasteiger partial charge in [-0.25, -0.2) is 0 Å². The molecule has 0 aliphatic heterocycles. The van der Waals surface area contributed by atoms with Crippen molar-refractivity contribution in [2.24, 2.45) is 0 Å². The fourth-order valence-corrected chi connectivity index (χ4v) is 5.95. The van der Waals surface area contributed by atoms with Crippen LogP contribution in [-0.2, 0) is 19.5 Å². The van der Waals surface area contributed by atoms with Crippen LogP contribution in [0.2, 0.25) is 0 Å². The molecular weight excluding hydrogens is 397 g/mol. The smallest absolute Gasteiger partial charge is 0.367 e. The molecule has 0 radical (unpaired) electrons. The second kappa shape index (κ2) is 9.43. The van der Waals surface area contributed by atoms with E-state index in [1.807, 2.05) is 65.8 Å². The third kappa shape index (κ3) is 6.40. The zero-order valence-electron chi connectivity index (χ0n) is 17.7. The van der Waals surface area contributed by atoms with Gasteiger partial charge in [0.15, 0.2) is 0 Å². The van der Waals surface area contributed by atoms with Crippen molar-refractivity contribution in [1.29, 1.82) is 0 Å². The largest absolute Gasteiger partial charge is 0.537 e.